The molecule has 4 rings (SSSR count). The van der Waals surface area contributed by atoms with Crippen LogP contribution in [-0.2, 0) is 9.59 Å². The number of nitrogens with one attached hydrogen (secondary N) is 1. The van der Waals surface area contributed by atoms with Crippen LogP contribution in [0.15, 0.2) is 12.1 Å². The SMILES string of the molecule is CCC(=O)N1CC(N2CCN(C(=O)CNc3cc(C4CC4)c(Cl)cc3OC)CC2)C1. The van der Waals surface area contributed by atoms with Crippen molar-refractivity contribution >= 4 is 29.1 Å². The lowest BCUT2D eigenvalue weighted by Gasteiger charge is -2.48. The number of methoxy groups -OCH3 is 1. The summed E-state index contributed by atoms with van der Waals surface area (Å²) in [7, 11) is 1.62. The van der Waals surface area contributed by atoms with E-state index in [-0.39, 0.29) is 18.4 Å². The lowest BCUT2D eigenvalue weighted by Crippen LogP contribution is -2.64. The lowest BCUT2D eigenvalue weighted by molar-refractivity contribution is -0.139. The molecule has 8 heteroatoms. The zero-order valence-electron chi connectivity index (χ0n) is 17.8. The summed E-state index contributed by atoms with van der Waals surface area (Å²) in [6.45, 7) is 6.96. The third kappa shape index (κ3) is 4.52. The average molecular weight is 435 g/mol. The Morgan fingerprint density at radius 1 is 1.10 bits per heavy atom. The van der Waals surface area contributed by atoms with Gasteiger partial charge >= 0.3 is 0 Å². The molecule has 0 spiro atoms. The van der Waals surface area contributed by atoms with Crippen LogP contribution in [0.5, 0.6) is 5.75 Å². The van der Waals surface area contributed by atoms with E-state index in [1.165, 1.54) is 12.8 Å². The first kappa shape index (κ1) is 21.2. The van der Waals surface area contributed by atoms with Gasteiger partial charge in [-0.2, -0.15) is 0 Å². The molecule has 2 amide bonds. The molecule has 0 unspecified atom stereocenters. The zero-order valence-corrected chi connectivity index (χ0v) is 18.6. The lowest BCUT2D eigenvalue weighted by atomic mass is 10.1. The third-order valence-electron chi connectivity index (χ3n) is 6.47. The Morgan fingerprint density at radius 2 is 1.80 bits per heavy atom. The highest BCUT2D eigenvalue weighted by atomic mass is 35.5. The molecule has 1 saturated carbocycles. The minimum Gasteiger partial charge on any atom is -0.495 e. The number of nitrogens with zero attached hydrogens (tertiary/aromatic N) is 3. The molecule has 1 aromatic rings. The van der Waals surface area contributed by atoms with Crippen LogP contribution in [0.1, 0.15) is 37.7 Å². The highest BCUT2D eigenvalue weighted by Crippen LogP contribution is 2.46. The minimum absolute atomic E-state index is 0.0935. The summed E-state index contributed by atoms with van der Waals surface area (Å²) in [6.07, 6.45) is 2.91. The summed E-state index contributed by atoms with van der Waals surface area (Å²) >= 11 is 6.38. The van der Waals surface area contributed by atoms with Gasteiger partial charge in [-0.3, -0.25) is 14.5 Å². The number of piperazine rings is 1. The van der Waals surface area contributed by atoms with E-state index < -0.39 is 0 Å². The monoisotopic (exact) mass is 434 g/mol. The van der Waals surface area contributed by atoms with E-state index in [2.05, 4.69) is 10.2 Å². The number of ether oxygens (including phenoxy) is 1. The van der Waals surface area contributed by atoms with E-state index in [4.69, 9.17) is 16.3 Å². The van der Waals surface area contributed by atoms with Crippen LogP contribution in [0, 0.1) is 0 Å². The van der Waals surface area contributed by atoms with Gasteiger partial charge in [-0.25, -0.2) is 0 Å². The van der Waals surface area contributed by atoms with Gasteiger partial charge in [-0.15, -0.1) is 0 Å². The Bertz CT molecular complexity index is 800. The highest BCUT2D eigenvalue weighted by Gasteiger charge is 2.36. The highest BCUT2D eigenvalue weighted by molar-refractivity contribution is 6.31. The average Bonchev–Trinajstić information content (AvgIpc) is 3.56. The van der Waals surface area contributed by atoms with E-state index in [1.807, 2.05) is 28.9 Å². The first-order valence-corrected chi connectivity index (χ1v) is 11.3. The Kier molecular flexibility index (Phi) is 6.39. The van der Waals surface area contributed by atoms with Gasteiger partial charge in [0.15, 0.2) is 0 Å². The first-order chi connectivity index (χ1) is 14.5. The molecular formula is C22H31ClN4O3. The molecule has 0 radical (unpaired) electrons. The van der Waals surface area contributed by atoms with Crippen LogP contribution in [0.25, 0.3) is 0 Å². The van der Waals surface area contributed by atoms with Gasteiger partial charge < -0.3 is 19.9 Å². The first-order valence-electron chi connectivity index (χ1n) is 10.9. The zero-order chi connectivity index (χ0) is 21.3. The third-order valence-corrected chi connectivity index (χ3v) is 6.79. The number of benzene rings is 1. The second-order valence-corrected chi connectivity index (χ2v) is 8.83. The number of halogens is 1. The minimum atomic E-state index is 0.0935. The second-order valence-electron chi connectivity index (χ2n) is 8.42. The molecule has 1 aromatic carbocycles. The fourth-order valence-electron chi connectivity index (χ4n) is 4.32. The van der Waals surface area contributed by atoms with Crippen molar-refractivity contribution in [2.45, 2.75) is 38.1 Å². The Morgan fingerprint density at radius 3 is 2.40 bits per heavy atom. The number of rotatable bonds is 7. The van der Waals surface area contributed by atoms with Gasteiger partial charge in [0.2, 0.25) is 11.8 Å². The summed E-state index contributed by atoms with van der Waals surface area (Å²) in [6, 6.07) is 4.31. The van der Waals surface area contributed by atoms with Crippen molar-refractivity contribution in [3.63, 3.8) is 0 Å². The number of anilines is 1. The number of likely N-dealkylation sites (tertiary alicyclic amines) is 1. The van der Waals surface area contributed by atoms with Crippen LogP contribution in [0.3, 0.4) is 0 Å². The summed E-state index contributed by atoms with van der Waals surface area (Å²) in [5.41, 5.74) is 1.96. The van der Waals surface area contributed by atoms with Crippen molar-refractivity contribution < 1.29 is 14.3 Å². The fraction of sp³-hybridized carbons (Fsp3) is 0.636. The van der Waals surface area contributed by atoms with E-state index >= 15 is 0 Å². The predicted molar refractivity (Wildman–Crippen MR) is 117 cm³/mol. The van der Waals surface area contributed by atoms with E-state index in [9.17, 15) is 9.59 Å². The topological polar surface area (TPSA) is 65.1 Å². The molecule has 2 aliphatic heterocycles. The molecule has 3 fully saturated rings. The molecule has 3 aliphatic rings. The Balaban J connectivity index is 1.26. The van der Waals surface area contributed by atoms with Crippen LogP contribution >= 0.6 is 11.6 Å². The smallest absolute Gasteiger partial charge is 0.241 e. The molecule has 2 heterocycles. The van der Waals surface area contributed by atoms with Crippen LogP contribution in [0.4, 0.5) is 5.69 Å². The summed E-state index contributed by atoms with van der Waals surface area (Å²) < 4.78 is 5.45. The Hall–Kier alpha value is -1.99. The van der Waals surface area contributed by atoms with Crippen LogP contribution in [-0.4, -0.2) is 85.5 Å². The number of carbonyl (C=O) groups excluding carboxylic acids is 2. The molecule has 0 aromatic heterocycles. The van der Waals surface area contributed by atoms with Gasteiger partial charge in [0.1, 0.15) is 5.75 Å². The summed E-state index contributed by atoms with van der Waals surface area (Å²) in [5.74, 6) is 1.52. The summed E-state index contributed by atoms with van der Waals surface area (Å²) in [4.78, 5) is 30.7. The molecule has 0 atom stereocenters. The maximum absolute atomic E-state index is 12.7. The van der Waals surface area contributed by atoms with E-state index in [0.29, 0.717) is 24.1 Å². The molecule has 30 heavy (non-hydrogen) atoms. The molecular weight excluding hydrogens is 404 g/mol. The molecule has 0 bridgehead atoms. The van der Waals surface area contributed by atoms with Crippen molar-refractivity contribution in [1.82, 2.24) is 14.7 Å². The maximum Gasteiger partial charge on any atom is 0.241 e. The molecule has 164 valence electrons. The standard InChI is InChI=1S/C22H31ClN4O3/c1-3-21(28)27-13-16(14-27)25-6-8-26(9-7-25)22(29)12-24-19-10-17(15-4-5-15)18(23)11-20(19)30-2/h10-11,15-16,24H,3-9,12-14H2,1-2H3. The van der Waals surface area contributed by atoms with E-state index in [0.717, 1.165) is 55.5 Å². The van der Waals surface area contributed by atoms with Crippen molar-refractivity contribution in [3.8, 4) is 5.75 Å². The number of amides is 2. The predicted octanol–water partition coefficient (Wildman–Crippen LogP) is 2.40. The van der Waals surface area contributed by atoms with E-state index in [1.54, 1.807) is 7.11 Å². The number of hydrogen-bond donors (Lipinski definition) is 1. The Labute approximate surface area is 183 Å². The number of hydrogen-bond acceptors (Lipinski definition) is 5. The number of carbonyl (C=O) groups is 2. The molecule has 7 nitrogen and oxygen atoms in total. The summed E-state index contributed by atoms with van der Waals surface area (Å²) in [5, 5.41) is 3.99. The molecule has 2 saturated heterocycles. The normalized spacial score (nSPS) is 20.1. The van der Waals surface area contributed by atoms with Crippen molar-refractivity contribution in [1.29, 1.82) is 0 Å². The van der Waals surface area contributed by atoms with Gasteiger partial charge in [-0.05, 0) is 30.4 Å². The van der Waals surface area contributed by atoms with Gasteiger partial charge in [0, 0.05) is 62.8 Å². The van der Waals surface area contributed by atoms with Crippen molar-refractivity contribution in [2.24, 2.45) is 0 Å². The maximum atomic E-state index is 12.7. The van der Waals surface area contributed by atoms with Crippen LogP contribution in [0.2, 0.25) is 5.02 Å². The van der Waals surface area contributed by atoms with Crippen LogP contribution < -0.4 is 10.1 Å². The second kappa shape index (κ2) is 9.02. The van der Waals surface area contributed by atoms with Crippen molar-refractivity contribution in [3.05, 3.63) is 22.7 Å². The fourth-order valence-corrected chi connectivity index (χ4v) is 4.63. The quantitative estimate of drug-likeness (QED) is 0.713. The van der Waals surface area contributed by atoms with Crippen molar-refractivity contribution in [2.75, 3.05) is 58.2 Å². The largest absolute Gasteiger partial charge is 0.495 e. The molecule has 1 N–H and O–H groups in total. The molecule has 1 aliphatic carbocycles. The van der Waals surface area contributed by atoms with Gasteiger partial charge in [0.05, 0.1) is 19.3 Å². The van der Waals surface area contributed by atoms with Gasteiger partial charge in [-0.1, -0.05) is 18.5 Å². The van der Waals surface area contributed by atoms with Gasteiger partial charge in [0.25, 0.3) is 0 Å².